The zero-order chi connectivity index (χ0) is 19.3. The largest absolute Gasteiger partial charge is 0.432 e. The number of hydrogen-bond acceptors (Lipinski definition) is 5. The number of benzene rings is 1. The van der Waals surface area contributed by atoms with Crippen molar-refractivity contribution in [3.63, 3.8) is 0 Å². The molecule has 3 N–H and O–H groups in total. The van der Waals surface area contributed by atoms with Crippen LogP contribution in [0.25, 0.3) is 0 Å². The summed E-state index contributed by atoms with van der Waals surface area (Å²) in [7, 11) is -4.07. The van der Waals surface area contributed by atoms with Gasteiger partial charge in [-0.15, -0.1) is 0 Å². The summed E-state index contributed by atoms with van der Waals surface area (Å²) < 4.78 is 68.6. The fourth-order valence-corrected chi connectivity index (χ4v) is 4.23. The van der Waals surface area contributed by atoms with Crippen LogP contribution in [0.4, 0.5) is 13.2 Å². The van der Waals surface area contributed by atoms with Gasteiger partial charge in [-0.1, -0.05) is 0 Å². The van der Waals surface area contributed by atoms with Crippen molar-refractivity contribution in [3.05, 3.63) is 24.0 Å². The van der Waals surface area contributed by atoms with Gasteiger partial charge in [0.15, 0.2) is 11.6 Å². The standard InChI is InChI=1S/C15H20F3N3O4S/c16-12-8-11(3-4-13(12)25-15(17)18)26(23,24)21-7-1-2-10(9-21)14(22)20-6-5-19/h3-4,8,10,15H,1-2,5-7,9,19H2,(H,20,22). The summed E-state index contributed by atoms with van der Waals surface area (Å²) in [6.07, 6.45) is 0.993. The Bertz CT molecular complexity index is 746. The van der Waals surface area contributed by atoms with Crippen LogP contribution in [0.3, 0.4) is 0 Å². The van der Waals surface area contributed by atoms with Crippen LogP contribution in [0.5, 0.6) is 5.75 Å². The van der Waals surface area contributed by atoms with Crippen molar-refractivity contribution in [1.82, 2.24) is 9.62 Å². The fraction of sp³-hybridized carbons (Fsp3) is 0.533. The van der Waals surface area contributed by atoms with E-state index < -0.39 is 34.1 Å². The molecular formula is C15H20F3N3O4S. The molecule has 2 rings (SSSR count). The summed E-state index contributed by atoms with van der Waals surface area (Å²) >= 11 is 0. The summed E-state index contributed by atoms with van der Waals surface area (Å²) in [5, 5.41) is 2.62. The van der Waals surface area contributed by atoms with Gasteiger partial charge < -0.3 is 15.8 Å². The van der Waals surface area contributed by atoms with E-state index in [4.69, 9.17) is 5.73 Å². The predicted molar refractivity (Wildman–Crippen MR) is 86.6 cm³/mol. The molecule has 1 aliphatic rings. The molecule has 1 heterocycles. The molecule has 1 unspecified atom stereocenters. The molecule has 1 amide bonds. The molecule has 1 saturated heterocycles. The van der Waals surface area contributed by atoms with Crippen LogP contribution < -0.4 is 15.8 Å². The quantitative estimate of drug-likeness (QED) is 0.714. The Morgan fingerprint density at radius 1 is 1.42 bits per heavy atom. The Kier molecular flexibility index (Phi) is 6.84. The van der Waals surface area contributed by atoms with Crippen molar-refractivity contribution in [3.8, 4) is 5.75 Å². The van der Waals surface area contributed by atoms with Crippen molar-refractivity contribution in [2.24, 2.45) is 11.7 Å². The molecule has 0 aliphatic carbocycles. The first kappa shape index (κ1) is 20.5. The molecule has 1 atom stereocenters. The molecular weight excluding hydrogens is 375 g/mol. The van der Waals surface area contributed by atoms with Crippen LogP contribution in [-0.2, 0) is 14.8 Å². The van der Waals surface area contributed by atoms with Gasteiger partial charge in [0.25, 0.3) is 0 Å². The number of halogens is 3. The van der Waals surface area contributed by atoms with Crippen molar-refractivity contribution < 1.29 is 31.1 Å². The minimum atomic E-state index is -4.07. The van der Waals surface area contributed by atoms with Crippen molar-refractivity contribution in [2.45, 2.75) is 24.3 Å². The summed E-state index contributed by atoms with van der Waals surface area (Å²) in [6.45, 7) is -2.52. The van der Waals surface area contributed by atoms with Crippen LogP contribution in [-0.4, -0.2) is 51.4 Å². The number of nitrogens with zero attached hydrogens (tertiary/aromatic N) is 1. The SMILES string of the molecule is NCCNC(=O)C1CCCN(S(=O)(=O)c2ccc(OC(F)F)c(F)c2)C1. The number of alkyl halides is 2. The van der Waals surface area contributed by atoms with E-state index in [0.29, 0.717) is 25.5 Å². The lowest BCUT2D eigenvalue weighted by molar-refractivity contribution is -0.126. The average molecular weight is 395 g/mol. The average Bonchev–Trinajstić information content (AvgIpc) is 2.61. The van der Waals surface area contributed by atoms with Gasteiger partial charge in [-0.3, -0.25) is 4.79 Å². The summed E-state index contributed by atoms with van der Waals surface area (Å²) in [4.78, 5) is 11.6. The second-order valence-corrected chi connectivity index (χ2v) is 7.69. The number of amides is 1. The van der Waals surface area contributed by atoms with Crippen LogP contribution in [0.15, 0.2) is 23.1 Å². The van der Waals surface area contributed by atoms with Gasteiger partial charge >= 0.3 is 6.61 Å². The number of ether oxygens (including phenoxy) is 1. The highest BCUT2D eigenvalue weighted by molar-refractivity contribution is 7.89. The summed E-state index contributed by atoms with van der Waals surface area (Å²) in [6, 6.07) is 2.46. The van der Waals surface area contributed by atoms with E-state index in [-0.39, 0.29) is 30.4 Å². The van der Waals surface area contributed by atoms with Crippen LogP contribution in [0, 0.1) is 11.7 Å². The maximum Gasteiger partial charge on any atom is 0.387 e. The Balaban J connectivity index is 2.16. The lowest BCUT2D eigenvalue weighted by Crippen LogP contribution is -2.46. The van der Waals surface area contributed by atoms with E-state index in [9.17, 15) is 26.4 Å². The van der Waals surface area contributed by atoms with E-state index in [2.05, 4.69) is 10.1 Å². The van der Waals surface area contributed by atoms with Gasteiger partial charge in [-0.05, 0) is 31.0 Å². The van der Waals surface area contributed by atoms with Gasteiger partial charge in [-0.25, -0.2) is 12.8 Å². The number of nitrogens with two attached hydrogens (primary N) is 1. The number of nitrogens with one attached hydrogen (secondary N) is 1. The third kappa shape index (κ3) is 4.86. The zero-order valence-electron chi connectivity index (χ0n) is 13.8. The van der Waals surface area contributed by atoms with Gasteiger partial charge in [0.2, 0.25) is 15.9 Å². The Morgan fingerprint density at radius 2 is 2.15 bits per heavy atom. The number of piperidine rings is 1. The molecule has 7 nitrogen and oxygen atoms in total. The lowest BCUT2D eigenvalue weighted by atomic mass is 9.99. The van der Waals surface area contributed by atoms with Crippen LogP contribution >= 0.6 is 0 Å². The number of sulfonamides is 1. The lowest BCUT2D eigenvalue weighted by Gasteiger charge is -2.31. The Labute approximate surface area is 149 Å². The van der Waals surface area contributed by atoms with Gasteiger partial charge in [0, 0.05) is 26.2 Å². The molecule has 146 valence electrons. The maximum atomic E-state index is 13.8. The highest BCUT2D eigenvalue weighted by atomic mass is 32.2. The Morgan fingerprint density at radius 3 is 2.77 bits per heavy atom. The molecule has 1 aromatic carbocycles. The highest BCUT2D eigenvalue weighted by Crippen LogP contribution is 2.27. The number of carbonyl (C=O) groups excluding carboxylic acids is 1. The molecule has 1 fully saturated rings. The van der Waals surface area contributed by atoms with Crippen molar-refractivity contribution in [1.29, 1.82) is 0 Å². The molecule has 1 aromatic rings. The first-order chi connectivity index (χ1) is 12.3. The van der Waals surface area contributed by atoms with E-state index >= 15 is 0 Å². The Hall–Kier alpha value is -1.85. The van der Waals surface area contributed by atoms with Crippen LogP contribution in [0.2, 0.25) is 0 Å². The van der Waals surface area contributed by atoms with Crippen LogP contribution in [0.1, 0.15) is 12.8 Å². The van der Waals surface area contributed by atoms with Gasteiger partial charge in [0.1, 0.15) is 0 Å². The first-order valence-corrected chi connectivity index (χ1v) is 9.42. The van der Waals surface area contributed by atoms with Crippen molar-refractivity contribution in [2.75, 3.05) is 26.2 Å². The third-order valence-electron chi connectivity index (χ3n) is 3.96. The van der Waals surface area contributed by atoms with E-state index in [1.807, 2.05) is 0 Å². The minimum absolute atomic E-state index is 0.0460. The number of rotatable bonds is 7. The van der Waals surface area contributed by atoms with E-state index in [0.717, 1.165) is 16.4 Å². The van der Waals surface area contributed by atoms with E-state index in [1.165, 1.54) is 0 Å². The summed E-state index contributed by atoms with van der Waals surface area (Å²) in [5.74, 6) is -2.77. The normalized spacial score (nSPS) is 18.7. The molecule has 1 aliphatic heterocycles. The predicted octanol–water partition coefficient (Wildman–Crippen LogP) is 0.903. The topological polar surface area (TPSA) is 102 Å². The second kappa shape index (κ2) is 8.69. The maximum absolute atomic E-state index is 13.8. The third-order valence-corrected chi connectivity index (χ3v) is 5.82. The summed E-state index contributed by atoms with van der Waals surface area (Å²) in [5.41, 5.74) is 5.32. The zero-order valence-corrected chi connectivity index (χ0v) is 14.6. The van der Waals surface area contributed by atoms with E-state index in [1.54, 1.807) is 0 Å². The monoisotopic (exact) mass is 395 g/mol. The number of carbonyl (C=O) groups is 1. The fourth-order valence-electron chi connectivity index (χ4n) is 2.70. The van der Waals surface area contributed by atoms with Crippen molar-refractivity contribution >= 4 is 15.9 Å². The van der Waals surface area contributed by atoms with Gasteiger partial charge in [-0.2, -0.15) is 13.1 Å². The molecule has 0 radical (unpaired) electrons. The minimum Gasteiger partial charge on any atom is -0.432 e. The molecule has 0 spiro atoms. The molecule has 26 heavy (non-hydrogen) atoms. The first-order valence-electron chi connectivity index (χ1n) is 7.98. The highest BCUT2D eigenvalue weighted by Gasteiger charge is 2.33. The van der Waals surface area contributed by atoms with Gasteiger partial charge in [0.05, 0.1) is 10.8 Å². The smallest absolute Gasteiger partial charge is 0.387 e. The molecule has 0 aromatic heterocycles. The molecule has 0 saturated carbocycles. The second-order valence-electron chi connectivity index (χ2n) is 5.75. The molecule has 0 bridgehead atoms. The molecule has 11 heteroatoms. The number of hydrogen-bond donors (Lipinski definition) is 2.